The SMILES string of the molecule is COCCCC[C@@](O)(c1cccc(Cl)c1)[C@@H]1CCCN(C(=O)C[C@@H](CC2CCCCC2)[C@@H](C)N)C1. The van der Waals surface area contributed by atoms with E-state index in [0.29, 0.717) is 36.9 Å². The van der Waals surface area contributed by atoms with Crippen LogP contribution < -0.4 is 5.73 Å². The minimum Gasteiger partial charge on any atom is -0.385 e. The van der Waals surface area contributed by atoms with Crippen LogP contribution in [0.2, 0.25) is 5.02 Å². The second-order valence-corrected chi connectivity index (χ2v) is 11.6. The van der Waals surface area contributed by atoms with Crippen molar-refractivity contribution in [3.8, 4) is 0 Å². The van der Waals surface area contributed by atoms with E-state index in [9.17, 15) is 9.90 Å². The first-order chi connectivity index (χ1) is 16.8. The summed E-state index contributed by atoms with van der Waals surface area (Å²) in [4.78, 5) is 15.5. The van der Waals surface area contributed by atoms with Crippen molar-refractivity contribution in [3.05, 3.63) is 34.9 Å². The molecular weight excluding hydrogens is 460 g/mol. The molecule has 1 aromatic rings. The first kappa shape index (κ1) is 28.4. The lowest BCUT2D eigenvalue weighted by Gasteiger charge is -2.43. The van der Waals surface area contributed by atoms with Crippen LogP contribution in [0.25, 0.3) is 0 Å². The third-order valence-electron chi connectivity index (χ3n) is 8.47. The largest absolute Gasteiger partial charge is 0.385 e. The summed E-state index contributed by atoms with van der Waals surface area (Å²) in [7, 11) is 1.71. The molecule has 0 aromatic heterocycles. The molecule has 2 aliphatic rings. The summed E-state index contributed by atoms with van der Waals surface area (Å²) in [6.45, 7) is 4.08. The van der Waals surface area contributed by atoms with Crippen LogP contribution in [0.4, 0.5) is 0 Å². The molecule has 1 heterocycles. The standard InChI is InChI=1S/C29H47ClN2O3/c1-22(31)24(18-23-10-4-3-5-11-23)19-28(33)32-16-9-13-26(21-32)29(34,15-6-7-17-35-2)25-12-8-14-27(30)20-25/h8,12,14,20,22-24,26,34H,3-7,9-11,13,15-19,21,31H2,1-2H3/t22-,24-,26-,29-/m1/s1. The van der Waals surface area contributed by atoms with Gasteiger partial charge in [0.05, 0.1) is 5.60 Å². The molecule has 0 spiro atoms. The highest BCUT2D eigenvalue weighted by atomic mass is 35.5. The van der Waals surface area contributed by atoms with Crippen LogP contribution in [-0.2, 0) is 15.1 Å². The molecule has 198 valence electrons. The lowest BCUT2D eigenvalue weighted by Crippen LogP contribution is -2.49. The van der Waals surface area contributed by atoms with E-state index < -0.39 is 5.60 Å². The van der Waals surface area contributed by atoms with Gasteiger partial charge in [-0.2, -0.15) is 0 Å². The molecule has 6 heteroatoms. The van der Waals surface area contributed by atoms with Crippen LogP contribution in [0.1, 0.15) is 89.5 Å². The number of carbonyl (C=O) groups is 1. The van der Waals surface area contributed by atoms with Crippen molar-refractivity contribution in [3.63, 3.8) is 0 Å². The Hall–Kier alpha value is -1.14. The second kappa shape index (κ2) is 14.0. The Morgan fingerprint density at radius 3 is 2.69 bits per heavy atom. The van der Waals surface area contributed by atoms with Crippen LogP contribution >= 0.6 is 11.6 Å². The van der Waals surface area contributed by atoms with Gasteiger partial charge < -0.3 is 20.5 Å². The minimum atomic E-state index is -1.01. The van der Waals surface area contributed by atoms with E-state index in [1.165, 1.54) is 32.1 Å². The number of piperidine rings is 1. The van der Waals surface area contributed by atoms with Gasteiger partial charge in [0, 0.05) is 50.2 Å². The molecule has 3 rings (SSSR count). The van der Waals surface area contributed by atoms with Crippen LogP contribution in [0.15, 0.2) is 24.3 Å². The zero-order valence-electron chi connectivity index (χ0n) is 21.9. The Morgan fingerprint density at radius 1 is 1.23 bits per heavy atom. The van der Waals surface area contributed by atoms with E-state index in [2.05, 4.69) is 6.92 Å². The lowest BCUT2D eigenvalue weighted by molar-refractivity contribution is -0.138. The smallest absolute Gasteiger partial charge is 0.222 e. The molecule has 35 heavy (non-hydrogen) atoms. The van der Waals surface area contributed by atoms with Crippen molar-refractivity contribution in [2.24, 2.45) is 23.5 Å². The summed E-state index contributed by atoms with van der Waals surface area (Å²) in [5, 5.41) is 12.7. The van der Waals surface area contributed by atoms with E-state index in [1.54, 1.807) is 7.11 Å². The molecule has 1 saturated heterocycles. The molecule has 3 N–H and O–H groups in total. The molecule has 2 fully saturated rings. The Bertz CT molecular complexity index is 783. The number of amides is 1. The van der Waals surface area contributed by atoms with E-state index >= 15 is 0 Å². The summed E-state index contributed by atoms with van der Waals surface area (Å²) < 4.78 is 5.22. The number of methoxy groups -OCH3 is 1. The molecule has 0 radical (unpaired) electrons. The van der Waals surface area contributed by atoms with Crippen molar-refractivity contribution in [1.82, 2.24) is 4.90 Å². The summed E-state index contributed by atoms with van der Waals surface area (Å²) in [6.07, 6.45) is 12.3. The zero-order chi connectivity index (χ0) is 25.3. The van der Waals surface area contributed by atoms with E-state index in [1.807, 2.05) is 29.2 Å². The van der Waals surface area contributed by atoms with Crippen molar-refractivity contribution in [2.75, 3.05) is 26.8 Å². The number of likely N-dealkylation sites (tertiary alicyclic amines) is 1. The Morgan fingerprint density at radius 2 is 2.00 bits per heavy atom. The maximum absolute atomic E-state index is 13.5. The third-order valence-corrected chi connectivity index (χ3v) is 8.71. The highest BCUT2D eigenvalue weighted by Gasteiger charge is 2.41. The van der Waals surface area contributed by atoms with E-state index in [4.69, 9.17) is 22.1 Å². The number of benzene rings is 1. The fraction of sp³-hybridized carbons (Fsp3) is 0.759. The van der Waals surface area contributed by atoms with Gasteiger partial charge >= 0.3 is 0 Å². The van der Waals surface area contributed by atoms with Gasteiger partial charge in [0.15, 0.2) is 0 Å². The molecule has 1 amide bonds. The first-order valence-corrected chi connectivity index (χ1v) is 14.2. The highest BCUT2D eigenvalue weighted by molar-refractivity contribution is 6.30. The van der Waals surface area contributed by atoms with E-state index in [0.717, 1.165) is 44.2 Å². The Labute approximate surface area is 217 Å². The van der Waals surface area contributed by atoms with Crippen LogP contribution in [0.5, 0.6) is 0 Å². The van der Waals surface area contributed by atoms with Crippen LogP contribution in [0.3, 0.4) is 0 Å². The van der Waals surface area contributed by atoms with Gasteiger partial charge in [0.1, 0.15) is 0 Å². The molecule has 1 aromatic carbocycles. The molecule has 1 aliphatic carbocycles. The molecule has 0 unspecified atom stereocenters. The zero-order valence-corrected chi connectivity index (χ0v) is 22.6. The van der Waals surface area contributed by atoms with Crippen molar-refractivity contribution in [2.45, 2.75) is 95.6 Å². The van der Waals surface area contributed by atoms with E-state index in [-0.39, 0.29) is 23.8 Å². The van der Waals surface area contributed by atoms with Gasteiger partial charge in [-0.05, 0) is 75.0 Å². The number of halogens is 1. The summed E-state index contributed by atoms with van der Waals surface area (Å²) in [5.41, 5.74) is 6.20. The summed E-state index contributed by atoms with van der Waals surface area (Å²) in [5.74, 6) is 1.11. The lowest BCUT2D eigenvalue weighted by atomic mass is 9.74. The maximum atomic E-state index is 13.5. The highest BCUT2D eigenvalue weighted by Crippen LogP contribution is 2.41. The molecule has 5 nitrogen and oxygen atoms in total. The number of rotatable bonds is 12. The summed E-state index contributed by atoms with van der Waals surface area (Å²) in [6, 6.07) is 7.62. The number of nitrogens with zero attached hydrogens (tertiary/aromatic N) is 1. The first-order valence-electron chi connectivity index (χ1n) is 13.8. The number of aliphatic hydroxyl groups is 1. The molecule has 0 bridgehead atoms. The number of hydrogen-bond acceptors (Lipinski definition) is 4. The van der Waals surface area contributed by atoms with Gasteiger partial charge in [-0.1, -0.05) is 55.8 Å². The number of unbranched alkanes of at least 4 members (excludes halogenated alkanes) is 1. The predicted molar refractivity (Wildman–Crippen MR) is 143 cm³/mol. The van der Waals surface area contributed by atoms with Crippen LogP contribution in [0, 0.1) is 17.8 Å². The fourth-order valence-corrected chi connectivity index (χ4v) is 6.45. The quantitative estimate of drug-likeness (QED) is 0.346. The van der Waals surface area contributed by atoms with Crippen molar-refractivity contribution in [1.29, 1.82) is 0 Å². The molecular formula is C29H47ClN2O3. The van der Waals surface area contributed by atoms with Gasteiger partial charge in [0.2, 0.25) is 5.91 Å². The molecule has 1 aliphatic heterocycles. The number of hydrogen-bond donors (Lipinski definition) is 2. The fourth-order valence-electron chi connectivity index (χ4n) is 6.26. The summed E-state index contributed by atoms with van der Waals surface area (Å²) >= 11 is 6.31. The Kier molecular flexibility index (Phi) is 11.3. The van der Waals surface area contributed by atoms with Gasteiger partial charge in [-0.25, -0.2) is 0 Å². The average molecular weight is 507 g/mol. The van der Waals surface area contributed by atoms with Crippen LogP contribution in [-0.4, -0.2) is 48.8 Å². The number of ether oxygens (including phenoxy) is 1. The van der Waals surface area contributed by atoms with Gasteiger partial charge in [-0.3, -0.25) is 4.79 Å². The van der Waals surface area contributed by atoms with Crippen molar-refractivity contribution >= 4 is 17.5 Å². The monoisotopic (exact) mass is 506 g/mol. The van der Waals surface area contributed by atoms with Crippen molar-refractivity contribution < 1.29 is 14.6 Å². The third kappa shape index (κ3) is 8.18. The van der Waals surface area contributed by atoms with Gasteiger partial charge in [0.25, 0.3) is 0 Å². The maximum Gasteiger partial charge on any atom is 0.222 e. The predicted octanol–water partition coefficient (Wildman–Crippen LogP) is 5.91. The number of carbonyl (C=O) groups excluding carboxylic acids is 1. The van der Waals surface area contributed by atoms with Gasteiger partial charge in [-0.15, -0.1) is 0 Å². The normalized spacial score (nSPS) is 23.0. The molecule has 4 atom stereocenters. The molecule has 1 saturated carbocycles. The average Bonchev–Trinajstić information content (AvgIpc) is 2.86. The number of nitrogens with two attached hydrogens (primary N) is 1. The minimum absolute atomic E-state index is 0.0191. The Balaban J connectivity index is 1.69. The topological polar surface area (TPSA) is 75.8 Å². The second-order valence-electron chi connectivity index (χ2n) is 11.1.